The molecule has 564 valence electrons. The highest BCUT2D eigenvalue weighted by atomic mass is 31.2. The Morgan fingerprint density at radius 1 is 0.295 bits per heavy atom. The number of aliphatic hydroxyl groups is 1. The van der Waals surface area contributed by atoms with Crippen LogP contribution in [0.15, 0.2) is 0 Å². The summed E-state index contributed by atoms with van der Waals surface area (Å²) >= 11 is 0. The Morgan fingerprint density at radius 2 is 0.505 bits per heavy atom. The molecule has 0 aliphatic rings. The van der Waals surface area contributed by atoms with Crippen molar-refractivity contribution >= 4 is 39.5 Å². The quantitative estimate of drug-likeness (QED) is 0.0222. The average Bonchev–Trinajstić information content (AvgIpc) is 1.47. The molecule has 0 radical (unpaired) electrons. The molecule has 4 unspecified atom stereocenters. The minimum absolute atomic E-state index is 0.106. The van der Waals surface area contributed by atoms with E-state index in [-0.39, 0.29) is 25.7 Å². The first-order valence-electron chi connectivity index (χ1n) is 39.2. The molecule has 0 aliphatic heterocycles. The van der Waals surface area contributed by atoms with Gasteiger partial charge in [-0.05, 0) is 49.4 Å². The molecular formula is C76H148O17P2. The minimum atomic E-state index is -4.96. The lowest BCUT2D eigenvalue weighted by Gasteiger charge is -2.21. The highest BCUT2D eigenvalue weighted by Crippen LogP contribution is 2.45. The van der Waals surface area contributed by atoms with Crippen LogP contribution in [-0.2, 0) is 65.4 Å². The average molecular weight is 1400 g/mol. The molecule has 19 heteroatoms. The molecule has 0 rings (SSSR count). The summed E-state index contributed by atoms with van der Waals surface area (Å²) in [6.45, 7) is 14.2. The largest absolute Gasteiger partial charge is 0.472 e. The van der Waals surface area contributed by atoms with Crippen molar-refractivity contribution in [3.8, 4) is 0 Å². The van der Waals surface area contributed by atoms with Crippen LogP contribution >= 0.6 is 15.6 Å². The topological polar surface area (TPSA) is 237 Å². The molecule has 0 heterocycles. The zero-order chi connectivity index (χ0) is 70.3. The fourth-order valence-corrected chi connectivity index (χ4v) is 13.1. The Hall–Kier alpha value is -1.94. The summed E-state index contributed by atoms with van der Waals surface area (Å²) < 4.78 is 68.5. The lowest BCUT2D eigenvalue weighted by Crippen LogP contribution is -2.30. The van der Waals surface area contributed by atoms with E-state index in [2.05, 4.69) is 55.4 Å². The van der Waals surface area contributed by atoms with Crippen LogP contribution in [0.3, 0.4) is 0 Å². The van der Waals surface area contributed by atoms with Crippen LogP contribution in [0.25, 0.3) is 0 Å². The van der Waals surface area contributed by atoms with Gasteiger partial charge >= 0.3 is 39.5 Å². The molecule has 6 atom stereocenters. The van der Waals surface area contributed by atoms with E-state index in [0.29, 0.717) is 31.6 Å². The molecule has 0 aromatic rings. The smallest absolute Gasteiger partial charge is 0.462 e. The molecule has 0 amide bonds. The molecule has 0 bridgehead atoms. The van der Waals surface area contributed by atoms with Crippen molar-refractivity contribution in [2.75, 3.05) is 39.6 Å². The first-order chi connectivity index (χ1) is 45.6. The molecule has 0 saturated carbocycles. The van der Waals surface area contributed by atoms with Gasteiger partial charge in [0.1, 0.15) is 19.3 Å². The first-order valence-corrected chi connectivity index (χ1v) is 42.2. The summed E-state index contributed by atoms with van der Waals surface area (Å²) in [7, 11) is -9.91. The van der Waals surface area contributed by atoms with Crippen LogP contribution in [0.1, 0.15) is 383 Å². The van der Waals surface area contributed by atoms with Gasteiger partial charge in [0.25, 0.3) is 0 Å². The number of rotatable bonds is 73. The summed E-state index contributed by atoms with van der Waals surface area (Å²) in [5, 5.41) is 10.6. The monoisotopic (exact) mass is 1400 g/mol. The van der Waals surface area contributed by atoms with Gasteiger partial charge in [0.2, 0.25) is 0 Å². The van der Waals surface area contributed by atoms with Gasteiger partial charge in [-0.15, -0.1) is 0 Å². The van der Waals surface area contributed by atoms with Crippen molar-refractivity contribution in [2.45, 2.75) is 401 Å². The Balaban J connectivity index is 5.24. The lowest BCUT2D eigenvalue weighted by molar-refractivity contribution is -0.161. The summed E-state index contributed by atoms with van der Waals surface area (Å²) in [6.07, 6.45) is 50.0. The van der Waals surface area contributed by atoms with E-state index in [4.69, 9.17) is 37.0 Å². The van der Waals surface area contributed by atoms with E-state index >= 15 is 0 Å². The maximum absolute atomic E-state index is 13.1. The third kappa shape index (κ3) is 69.0. The predicted molar refractivity (Wildman–Crippen MR) is 386 cm³/mol. The number of carbonyl (C=O) groups excluding carboxylic acids is 4. The van der Waals surface area contributed by atoms with Gasteiger partial charge in [-0.2, -0.15) is 0 Å². The summed E-state index contributed by atoms with van der Waals surface area (Å²) in [6, 6.07) is 0. The van der Waals surface area contributed by atoms with Crippen LogP contribution in [0.2, 0.25) is 0 Å². The molecule has 0 spiro atoms. The lowest BCUT2D eigenvalue weighted by atomic mass is 9.99. The van der Waals surface area contributed by atoms with Gasteiger partial charge in [-0.3, -0.25) is 37.3 Å². The number of carbonyl (C=O) groups is 4. The zero-order valence-electron chi connectivity index (χ0n) is 62.3. The molecule has 0 saturated heterocycles. The highest BCUT2D eigenvalue weighted by Gasteiger charge is 2.30. The van der Waals surface area contributed by atoms with E-state index in [1.807, 2.05) is 0 Å². The van der Waals surface area contributed by atoms with Crippen LogP contribution in [0.5, 0.6) is 0 Å². The molecule has 17 nitrogen and oxygen atoms in total. The Kier molecular flexibility index (Phi) is 64.0. The van der Waals surface area contributed by atoms with E-state index < -0.39 is 97.5 Å². The Morgan fingerprint density at radius 3 is 0.747 bits per heavy atom. The maximum Gasteiger partial charge on any atom is 0.472 e. The molecular weight excluding hydrogens is 1250 g/mol. The number of hydrogen-bond donors (Lipinski definition) is 3. The van der Waals surface area contributed by atoms with E-state index in [0.717, 1.165) is 114 Å². The second kappa shape index (κ2) is 65.4. The van der Waals surface area contributed by atoms with Crippen molar-refractivity contribution in [2.24, 2.45) is 23.7 Å². The normalized spacial score (nSPS) is 14.4. The van der Waals surface area contributed by atoms with Gasteiger partial charge in [-0.1, -0.05) is 331 Å². The molecule has 0 fully saturated rings. The van der Waals surface area contributed by atoms with Gasteiger partial charge in [0.05, 0.1) is 26.4 Å². The van der Waals surface area contributed by atoms with Gasteiger partial charge < -0.3 is 33.8 Å². The standard InChI is InChI=1S/C76H148O17P2/c1-9-69(8)55-47-39-31-25-26-32-40-48-56-73(78)86-62-71(92-76(81)59-51-43-34-24-20-16-15-18-22-29-37-45-53-67(4)5)64-90-94(82,83)88-60-70(77)61-89-95(84,85)91-65-72(63-87-74(79)57-49-41-35-27-30-38-46-54-68(6)7)93-75(80)58-50-42-33-23-19-14-12-10-11-13-17-21-28-36-44-52-66(2)3/h66-72,77H,9-65H2,1-8H3,(H,82,83)(H,84,85)/t69?,70?,71-,72-/m1/s1. The zero-order valence-corrected chi connectivity index (χ0v) is 64.1. The SMILES string of the molecule is CCC(C)CCCCCCCCCCC(=O)OC[C@H](COP(=O)(O)OCC(O)COP(=O)(O)OC[C@@H](COC(=O)CCCCCCCCCC(C)C)OC(=O)CCCCCCCCCCCCCCCCCC(C)C)OC(=O)CCCCCCCCCCCCCCC(C)C. The highest BCUT2D eigenvalue weighted by molar-refractivity contribution is 7.47. The molecule has 3 N–H and O–H groups in total. The van der Waals surface area contributed by atoms with Crippen molar-refractivity contribution in [1.82, 2.24) is 0 Å². The predicted octanol–water partition coefficient (Wildman–Crippen LogP) is 22.0. The number of aliphatic hydroxyl groups excluding tert-OH is 1. The summed E-state index contributed by atoms with van der Waals surface area (Å²) in [5.74, 6) is 0.940. The fourth-order valence-electron chi connectivity index (χ4n) is 11.5. The number of phosphoric acid groups is 2. The summed E-state index contributed by atoms with van der Waals surface area (Å²) in [5.41, 5.74) is 0. The van der Waals surface area contributed by atoms with Gasteiger partial charge in [0, 0.05) is 25.7 Å². The number of phosphoric ester groups is 2. The van der Waals surface area contributed by atoms with Crippen LogP contribution in [-0.4, -0.2) is 96.7 Å². The summed E-state index contributed by atoms with van der Waals surface area (Å²) in [4.78, 5) is 72.8. The third-order valence-corrected chi connectivity index (χ3v) is 19.8. The maximum atomic E-state index is 13.1. The second-order valence-electron chi connectivity index (χ2n) is 29.1. The number of ether oxygens (including phenoxy) is 4. The van der Waals surface area contributed by atoms with Crippen LogP contribution in [0.4, 0.5) is 0 Å². The van der Waals surface area contributed by atoms with Gasteiger partial charge in [0.15, 0.2) is 12.2 Å². The van der Waals surface area contributed by atoms with E-state index in [1.165, 1.54) is 180 Å². The fraction of sp³-hybridized carbons (Fsp3) is 0.947. The molecule has 0 aliphatic carbocycles. The number of unbranched alkanes of at least 4 members (excludes halogenated alkanes) is 38. The van der Waals surface area contributed by atoms with Crippen molar-refractivity contribution in [3.63, 3.8) is 0 Å². The van der Waals surface area contributed by atoms with E-state index in [9.17, 15) is 43.2 Å². The van der Waals surface area contributed by atoms with Crippen LogP contribution in [0, 0.1) is 23.7 Å². The number of hydrogen-bond acceptors (Lipinski definition) is 15. The Labute approximate surface area is 581 Å². The molecule has 0 aromatic heterocycles. The molecule has 95 heavy (non-hydrogen) atoms. The second-order valence-corrected chi connectivity index (χ2v) is 32.0. The van der Waals surface area contributed by atoms with Crippen molar-refractivity contribution < 1.29 is 80.2 Å². The van der Waals surface area contributed by atoms with Crippen molar-refractivity contribution in [3.05, 3.63) is 0 Å². The third-order valence-electron chi connectivity index (χ3n) is 17.9. The van der Waals surface area contributed by atoms with Gasteiger partial charge in [-0.25, -0.2) is 9.13 Å². The van der Waals surface area contributed by atoms with Crippen LogP contribution < -0.4 is 0 Å². The van der Waals surface area contributed by atoms with Crippen molar-refractivity contribution in [1.29, 1.82) is 0 Å². The molecule has 0 aromatic carbocycles. The number of esters is 4. The minimum Gasteiger partial charge on any atom is -0.462 e. The first kappa shape index (κ1) is 93.1. The van der Waals surface area contributed by atoms with E-state index in [1.54, 1.807) is 0 Å². The Bertz CT molecular complexity index is 1870.